The van der Waals surface area contributed by atoms with Gasteiger partial charge in [-0.05, 0) is 12.1 Å². The van der Waals surface area contributed by atoms with Crippen LogP contribution in [0.25, 0.3) is 10.9 Å². The Labute approximate surface area is 101 Å². The lowest BCUT2D eigenvalue weighted by molar-refractivity contribution is -0.203. The Morgan fingerprint density at radius 3 is 3.06 bits per heavy atom. The van der Waals surface area contributed by atoms with E-state index in [1.807, 2.05) is 12.1 Å². The standard InChI is InChI=1S/C10H8ClNO3S/c1-6(13)14-15-16-10-5-12-9-4-7(11)2-3-8(9)10/h2-5,12H,1H3. The number of aromatic amines is 1. The molecule has 1 heterocycles. The van der Waals surface area contributed by atoms with E-state index in [0.29, 0.717) is 5.02 Å². The summed E-state index contributed by atoms with van der Waals surface area (Å²) in [6, 6.07) is 5.47. The Morgan fingerprint density at radius 1 is 1.50 bits per heavy atom. The summed E-state index contributed by atoms with van der Waals surface area (Å²) in [5, 5.41) is 1.62. The van der Waals surface area contributed by atoms with E-state index in [1.54, 1.807) is 12.3 Å². The third-order valence-electron chi connectivity index (χ3n) is 1.88. The van der Waals surface area contributed by atoms with Crippen LogP contribution in [-0.4, -0.2) is 11.0 Å². The number of hydrogen-bond donors (Lipinski definition) is 1. The molecule has 0 saturated carbocycles. The number of nitrogens with one attached hydrogen (secondary N) is 1. The minimum atomic E-state index is -0.490. The molecule has 0 fully saturated rings. The summed E-state index contributed by atoms with van der Waals surface area (Å²) in [5.74, 6) is -0.490. The second-order valence-electron chi connectivity index (χ2n) is 3.07. The fraction of sp³-hybridized carbons (Fsp3) is 0.100. The minimum Gasteiger partial charge on any atom is -0.360 e. The predicted molar refractivity (Wildman–Crippen MR) is 62.0 cm³/mol. The van der Waals surface area contributed by atoms with Gasteiger partial charge < -0.3 is 4.98 Å². The summed E-state index contributed by atoms with van der Waals surface area (Å²) in [4.78, 5) is 18.7. The summed E-state index contributed by atoms with van der Waals surface area (Å²) < 4.78 is 4.69. The minimum absolute atomic E-state index is 0.490. The molecule has 2 rings (SSSR count). The maximum atomic E-state index is 10.5. The van der Waals surface area contributed by atoms with Gasteiger partial charge in [-0.2, -0.15) is 0 Å². The van der Waals surface area contributed by atoms with E-state index in [9.17, 15) is 4.79 Å². The lowest BCUT2D eigenvalue weighted by Crippen LogP contribution is -1.94. The smallest absolute Gasteiger partial charge is 0.340 e. The van der Waals surface area contributed by atoms with Gasteiger partial charge in [0.1, 0.15) is 0 Å². The molecular weight excluding hydrogens is 250 g/mol. The van der Waals surface area contributed by atoms with Gasteiger partial charge in [0.25, 0.3) is 0 Å². The highest BCUT2D eigenvalue weighted by atomic mass is 35.5. The molecule has 0 bridgehead atoms. The molecule has 0 aliphatic carbocycles. The third kappa shape index (κ3) is 2.49. The predicted octanol–water partition coefficient (Wildman–Crippen LogP) is 3.32. The molecule has 0 aliphatic heterocycles. The van der Waals surface area contributed by atoms with Gasteiger partial charge in [-0.1, -0.05) is 17.7 Å². The van der Waals surface area contributed by atoms with Crippen LogP contribution in [0.1, 0.15) is 6.92 Å². The monoisotopic (exact) mass is 257 g/mol. The normalized spacial score (nSPS) is 10.6. The number of aromatic nitrogens is 1. The lowest BCUT2D eigenvalue weighted by atomic mass is 10.2. The van der Waals surface area contributed by atoms with E-state index in [-0.39, 0.29) is 0 Å². The van der Waals surface area contributed by atoms with E-state index in [1.165, 1.54) is 6.92 Å². The van der Waals surface area contributed by atoms with Crippen molar-refractivity contribution < 1.29 is 14.0 Å². The Kier molecular flexibility index (Phi) is 3.38. The molecule has 1 aromatic carbocycles. The fourth-order valence-corrected chi connectivity index (χ4v) is 1.99. The Bertz CT molecular complexity index is 526. The number of rotatable bonds is 3. The average Bonchev–Trinajstić information content (AvgIpc) is 2.60. The zero-order chi connectivity index (χ0) is 11.5. The quantitative estimate of drug-likeness (QED) is 0.521. The van der Waals surface area contributed by atoms with Crippen molar-refractivity contribution in [2.45, 2.75) is 11.8 Å². The second kappa shape index (κ2) is 4.78. The summed E-state index contributed by atoms with van der Waals surface area (Å²) in [7, 11) is 0. The molecule has 0 atom stereocenters. The molecule has 1 N–H and O–H groups in total. The van der Waals surface area contributed by atoms with Crippen molar-refractivity contribution in [1.29, 1.82) is 0 Å². The number of carbonyl (C=O) groups is 1. The van der Waals surface area contributed by atoms with Crippen LogP contribution in [0.15, 0.2) is 29.3 Å². The van der Waals surface area contributed by atoms with Crippen molar-refractivity contribution in [3.05, 3.63) is 29.4 Å². The van der Waals surface area contributed by atoms with Crippen LogP contribution in [0.3, 0.4) is 0 Å². The molecule has 0 aliphatic rings. The maximum Gasteiger partial charge on any atom is 0.340 e. The highest BCUT2D eigenvalue weighted by Gasteiger charge is 2.06. The number of hydrogen-bond acceptors (Lipinski definition) is 4. The van der Waals surface area contributed by atoms with Crippen LogP contribution in [0, 0.1) is 0 Å². The molecule has 4 nitrogen and oxygen atoms in total. The molecule has 0 saturated heterocycles. The summed E-state index contributed by atoms with van der Waals surface area (Å²) in [5.41, 5.74) is 0.904. The van der Waals surface area contributed by atoms with E-state index < -0.39 is 5.97 Å². The summed E-state index contributed by atoms with van der Waals surface area (Å²) >= 11 is 6.82. The third-order valence-corrected chi connectivity index (χ3v) is 2.77. The SMILES string of the molecule is CC(=O)OOSc1c[nH]c2cc(Cl)ccc12. The van der Waals surface area contributed by atoms with Gasteiger partial charge in [-0.25, -0.2) is 4.79 Å². The van der Waals surface area contributed by atoms with Crippen molar-refractivity contribution in [3.8, 4) is 0 Å². The van der Waals surface area contributed by atoms with Crippen LogP contribution < -0.4 is 0 Å². The molecule has 2 aromatic rings. The van der Waals surface area contributed by atoms with Crippen molar-refractivity contribution in [2.75, 3.05) is 0 Å². The van der Waals surface area contributed by atoms with E-state index in [2.05, 4.69) is 9.87 Å². The number of H-pyrrole nitrogens is 1. The fourth-order valence-electron chi connectivity index (χ4n) is 1.24. The van der Waals surface area contributed by atoms with Crippen molar-refractivity contribution >= 4 is 40.5 Å². The first-order valence-electron chi connectivity index (χ1n) is 4.45. The topological polar surface area (TPSA) is 51.3 Å². The number of benzene rings is 1. The molecule has 0 amide bonds. The van der Waals surface area contributed by atoms with E-state index in [4.69, 9.17) is 15.9 Å². The molecule has 0 unspecified atom stereocenters. The highest BCUT2D eigenvalue weighted by Crippen LogP contribution is 2.30. The molecule has 0 spiro atoms. The Morgan fingerprint density at radius 2 is 2.31 bits per heavy atom. The zero-order valence-electron chi connectivity index (χ0n) is 8.32. The largest absolute Gasteiger partial charge is 0.360 e. The Balaban J connectivity index is 2.15. The molecule has 6 heteroatoms. The number of fused-ring (bicyclic) bond motifs is 1. The van der Waals surface area contributed by atoms with Gasteiger partial charge in [-0.15, -0.1) is 4.33 Å². The van der Waals surface area contributed by atoms with Crippen molar-refractivity contribution in [3.63, 3.8) is 0 Å². The van der Waals surface area contributed by atoms with Gasteiger partial charge in [0.15, 0.2) is 0 Å². The highest BCUT2D eigenvalue weighted by molar-refractivity contribution is 7.94. The molecule has 1 aromatic heterocycles. The lowest BCUT2D eigenvalue weighted by Gasteiger charge is -1.98. The second-order valence-corrected chi connectivity index (χ2v) is 4.25. The zero-order valence-corrected chi connectivity index (χ0v) is 9.89. The van der Waals surface area contributed by atoms with Gasteiger partial charge in [0.05, 0.1) is 16.9 Å². The first kappa shape index (κ1) is 11.3. The average molecular weight is 258 g/mol. The van der Waals surface area contributed by atoms with Crippen molar-refractivity contribution in [2.24, 2.45) is 0 Å². The molecule has 16 heavy (non-hydrogen) atoms. The van der Waals surface area contributed by atoms with E-state index >= 15 is 0 Å². The Hall–Kier alpha value is -1.17. The van der Waals surface area contributed by atoms with Crippen LogP contribution in [0.2, 0.25) is 5.02 Å². The first-order valence-corrected chi connectivity index (χ1v) is 5.57. The van der Waals surface area contributed by atoms with Crippen LogP contribution in [-0.2, 0) is 14.0 Å². The van der Waals surface area contributed by atoms with Crippen molar-refractivity contribution in [1.82, 2.24) is 4.98 Å². The van der Waals surface area contributed by atoms with Gasteiger partial charge >= 0.3 is 5.97 Å². The van der Waals surface area contributed by atoms with Crippen LogP contribution in [0.4, 0.5) is 0 Å². The van der Waals surface area contributed by atoms with Gasteiger partial charge in [0.2, 0.25) is 0 Å². The first-order chi connectivity index (χ1) is 7.66. The maximum absolute atomic E-state index is 10.5. The molecule has 84 valence electrons. The molecule has 0 radical (unpaired) electrons. The molecular formula is C10H8ClNO3S. The number of carbonyl (C=O) groups excluding carboxylic acids is 1. The van der Waals surface area contributed by atoms with E-state index in [0.717, 1.165) is 27.8 Å². The van der Waals surface area contributed by atoms with Gasteiger partial charge in [0, 0.05) is 29.0 Å². The summed E-state index contributed by atoms with van der Waals surface area (Å²) in [6.45, 7) is 1.27. The van der Waals surface area contributed by atoms with Gasteiger partial charge in [-0.3, -0.25) is 4.89 Å². The number of halogens is 1. The van der Waals surface area contributed by atoms with Crippen LogP contribution in [0.5, 0.6) is 0 Å². The van der Waals surface area contributed by atoms with Crippen LogP contribution >= 0.6 is 23.6 Å². The summed E-state index contributed by atoms with van der Waals surface area (Å²) in [6.07, 6.45) is 1.76.